The summed E-state index contributed by atoms with van der Waals surface area (Å²) in [5.41, 5.74) is 4.35. The number of H-pyrrole nitrogens is 1. The average Bonchev–Trinajstić information content (AvgIpc) is 3.48. The highest BCUT2D eigenvalue weighted by Gasteiger charge is 2.10. The zero-order valence-corrected chi connectivity index (χ0v) is 17.2. The lowest BCUT2D eigenvalue weighted by atomic mass is 10.2. The van der Waals surface area contributed by atoms with Crippen LogP contribution in [0.25, 0.3) is 16.9 Å². The molecule has 4 rings (SSSR count). The molecule has 0 bridgehead atoms. The summed E-state index contributed by atoms with van der Waals surface area (Å²) in [7, 11) is 3.79. The Balaban J connectivity index is 1.34. The summed E-state index contributed by atoms with van der Waals surface area (Å²) in [5.74, 6) is 1.70. The molecule has 4 aromatic rings. The first-order valence-corrected chi connectivity index (χ1v) is 9.83. The highest BCUT2D eigenvalue weighted by atomic mass is 15.3. The van der Waals surface area contributed by atoms with Gasteiger partial charge in [-0.25, -0.2) is 9.67 Å². The molecule has 0 amide bonds. The van der Waals surface area contributed by atoms with Crippen molar-refractivity contribution in [3.05, 3.63) is 90.6 Å². The molecule has 0 aliphatic carbocycles. The van der Waals surface area contributed by atoms with E-state index in [0.717, 1.165) is 28.7 Å². The van der Waals surface area contributed by atoms with E-state index in [1.165, 1.54) is 5.56 Å². The first kappa shape index (κ1) is 19.4. The minimum Gasteiger partial charge on any atom is -0.352 e. The molecule has 0 aliphatic heterocycles. The van der Waals surface area contributed by atoms with E-state index >= 15 is 0 Å². The van der Waals surface area contributed by atoms with Crippen molar-refractivity contribution in [1.29, 1.82) is 0 Å². The molecule has 7 nitrogen and oxygen atoms in total. The number of guanidine groups is 1. The molecule has 0 saturated carbocycles. The van der Waals surface area contributed by atoms with Crippen LogP contribution in [0.4, 0.5) is 0 Å². The van der Waals surface area contributed by atoms with Crippen molar-refractivity contribution in [1.82, 2.24) is 30.0 Å². The van der Waals surface area contributed by atoms with Crippen molar-refractivity contribution in [2.75, 3.05) is 14.1 Å². The fourth-order valence-electron chi connectivity index (χ4n) is 3.26. The summed E-state index contributed by atoms with van der Waals surface area (Å²) >= 11 is 0. The number of imidazole rings is 1. The molecule has 0 spiro atoms. The molecule has 0 saturated heterocycles. The molecule has 2 heterocycles. The van der Waals surface area contributed by atoms with E-state index < -0.39 is 0 Å². The predicted molar refractivity (Wildman–Crippen MR) is 119 cm³/mol. The Bertz CT molecular complexity index is 1080. The van der Waals surface area contributed by atoms with Gasteiger partial charge in [-0.05, 0) is 29.3 Å². The molecule has 0 unspecified atom stereocenters. The highest BCUT2D eigenvalue weighted by molar-refractivity contribution is 5.79. The second-order valence-corrected chi connectivity index (χ2v) is 6.98. The van der Waals surface area contributed by atoms with Crippen molar-refractivity contribution >= 4 is 5.96 Å². The van der Waals surface area contributed by atoms with Crippen molar-refractivity contribution in [2.45, 2.75) is 13.1 Å². The summed E-state index contributed by atoms with van der Waals surface area (Å²) < 4.78 is 1.84. The third-order valence-corrected chi connectivity index (χ3v) is 4.83. The number of hydrogen-bond donors (Lipinski definition) is 2. The van der Waals surface area contributed by atoms with Gasteiger partial charge in [0.2, 0.25) is 0 Å². The quantitative estimate of drug-likeness (QED) is 0.385. The molecule has 2 aromatic carbocycles. The van der Waals surface area contributed by atoms with Crippen LogP contribution in [0.3, 0.4) is 0 Å². The Kier molecular flexibility index (Phi) is 5.89. The van der Waals surface area contributed by atoms with Gasteiger partial charge in [0, 0.05) is 33.0 Å². The van der Waals surface area contributed by atoms with E-state index in [4.69, 9.17) is 0 Å². The van der Waals surface area contributed by atoms with Crippen LogP contribution in [0.15, 0.2) is 84.2 Å². The van der Waals surface area contributed by atoms with Crippen LogP contribution in [0.5, 0.6) is 0 Å². The number of aromatic nitrogens is 4. The molecule has 0 aliphatic rings. The van der Waals surface area contributed by atoms with Crippen molar-refractivity contribution in [3.63, 3.8) is 0 Å². The number of nitrogens with one attached hydrogen (secondary N) is 2. The third-order valence-electron chi connectivity index (χ3n) is 4.83. The van der Waals surface area contributed by atoms with E-state index in [9.17, 15) is 0 Å². The number of hydrogen-bond acceptors (Lipinski definition) is 3. The van der Waals surface area contributed by atoms with Crippen molar-refractivity contribution < 1.29 is 0 Å². The van der Waals surface area contributed by atoms with E-state index in [-0.39, 0.29) is 0 Å². The molecular formula is C23H25N7. The van der Waals surface area contributed by atoms with Gasteiger partial charge in [-0.3, -0.25) is 4.99 Å². The van der Waals surface area contributed by atoms with Gasteiger partial charge in [0.1, 0.15) is 5.82 Å². The third kappa shape index (κ3) is 4.57. The van der Waals surface area contributed by atoms with E-state index in [0.29, 0.717) is 13.1 Å². The average molecular weight is 400 g/mol. The summed E-state index contributed by atoms with van der Waals surface area (Å²) in [4.78, 5) is 14.3. The Hall–Kier alpha value is -3.87. The van der Waals surface area contributed by atoms with Crippen LogP contribution in [-0.4, -0.2) is 44.7 Å². The highest BCUT2D eigenvalue weighted by Crippen LogP contribution is 2.16. The van der Waals surface area contributed by atoms with E-state index in [2.05, 4.69) is 61.8 Å². The van der Waals surface area contributed by atoms with Gasteiger partial charge in [0.25, 0.3) is 0 Å². The molecule has 0 radical (unpaired) electrons. The van der Waals surface area contributed by atoms with Crippen LogP contribution < -0.4 is 5.32 Å². The Labute approximate surface area is 176 Å². The van der Waals surface area contributed by atoms with Crippen LogP contribution >= 0.6 is 0 Å². The van der Waals surface area contributed by atoms with Gasteiger partial charge in [-0.1, -0.05) is 42.5 Å². The van der Waals surface area contributed by atoms with Gasteiger partial charge in [0.05, 0.1) is 24.1 Å². The maximum Gasteiger partial charge on any atom is 0.194 e. The van der Waals surface area contributed by atoms with Crippen molar-refractivity contribution in [3.8, 4) is 16.9 Å². The molecule has 30 heavy (non-hydrogen) atoms. The van der Waals surface area contributed by atoms with Gasteiger partial charge < -0.3 is 15.2 Å². The smallest absolute Gasteiger partial charge is 0.194 e. The Morgan fingerprint density at radius 3 is 2.60 bits per heavy atom. The Morgan fingerprint density at radius 1 is 1.10 bits per heavy atom. The zero-order chi connectivity index (χ0) is 20.8. The number of benzene rings is 2. The van der Waals surface area contributed by atoms with Gasteiger partial charge in [-0.2, -0.15) is 5.10 Å². The SMILES string of the molecule is CN=C(NCc1ccc(-n2cccn2)cc1)N(C)Cc1ncc(-c2ccccc2)[nH]1. The lowest BCUT2D eigenvalue weighted by Gasteiger charge is -2.21. The zero-order valence-electron chi connectivity index (χ0n) is 17.2. The number of rotatable bonds is 6. The van der Waals surface area contributed by atoms with E-state index in [1.54, 1.807) is 13.2 Å². The topological polar surface area (TPSA) is 74.1 Å². The van der Waals surface area contributed by atoms with Crippen molar-refractivity contribution in [2.24, 2.45) is 4.99 Å². The van der Waals surface area contributed by atoms with E-state index in [1.807, 2.05) is 53.3 Å². The van der Waals surface area contributed by atoms with Crippen LogP contribution in [0.2, 0.25) is 0 Å². The minimum absolute atomic E-state index is 0.630. The monoisotopic (exact) mass is 399 g/mol. The second-order valence-electron chi connectivity index (χ2n) is 6.98. The summed E-state index contributed by atoms with van der Waals surface area (Å²) in [6, 6.07) is 20.4. The number of aromatic amines is 1. The molecule has 2 aromatic heterocycles. The fourth-order valence-corrected chi connectivity index (χ4v) is 3.26. The summed E-state index contributed by atoms with van der Waals surface area (Å²) in [5, 5.41) is 7.66. The van der Waals surface area contributed by atoms with Crippen LogP contribution in [-0.2, 0) is 13.1 Å². The summed E-state index contributed by atoms with van der Waals surface area (Å²) in [6.07, 6.45) is 5.58. The maximum absolute atomic E-state index is 4.51. The molecule has 152 valence electrons. The fraction of sp³-hybridized carbons (Fsp3) is 0.174. The number of nitrogens with zero attached hydrogens (tertiary/aromatic N) is 5. The lowest BCUT2D eigenvalue weighted by Crippen LogP contribution is -2.38. The Morgan fingerprint density at radius 2 is 1.90 bits per heavy atom. The maximum atomic E-state index is 4.51. The van der Waals surface area contributed by atoms with Gasteiger partial charge in [-0.15, -0.1) is 0 Å². The molecule has 7 heteroatoms. The second kappa shape index (κ2) is 9.09. The predicted octanol–water partition coefficient (Wildman–Crippen LogP) is 3.47. The first-order valence-electron chi connectivity index (χ1n) is 9.83. The normalized spacial score (nSPS) is 11.5. The first-order chi connectivity index (χ1) is 14.7. The number of aliphatic imine (C=N–C) groups is 1. The van der Waals surface area contributed by atoms with Gasteiger partial charge >= 0.3 is 0 Å². The largest absolute Gasteiger partial charge is 0.352 e. The summed E-state index contributed by atoms with van der Waals surface area (Å²) in [6.45, 7) is 1.31. The lowest BCUT2D eigenvalue weighted by molar-refractivity contribution is 0.464. The van der Waals surface area contributed by atoms with Crippen LogP contribution in [0, 0.1) is 0 Å². The molecule has 0 fully saturated rings. The van der Waals surface area contributed by atoms with Crippen LogP contribution in [0.1, 0.15) is 11.4 Å². The molecule has 0 atom stereocenters. The minimum atomic E-state index is 0.630. The standard InChI is InChI=1S/C23H25N7/c1-24-23(26-15-18-9-11-20(12-10-18)30-14-6-13-27-30)29(2)17-22-25-16-21(28-22)19-7-4-3-5-8-19/h3-14,16H,15,17H2,1-2H3,(H,24,26)(H,25,28). The molecule has 2 N–H and O–H groups in total. The van der Waals surface area contributed by atoms with Gasteiger partial charge in [0.15, 0.2) is 5.96 Å². The molecular weight excluding hydrogens is 374 g/mol.